The molecule has 6 nitrogen and oxygen atoms in total. The molecule has 1 heterocycles. The van der Waals surface area contributed by atoms with Crippen molar-refractivity contribution < 1.29 is 14.3 Å². The van der Waals surface area contributed by atoms with Crippen LogP contribution in [0, 0.1) is 0 Å². The maximum atomic E-state index is 12.4. The average molecular weight is 436 g/mol. The number of para-hydroxylation sites is 2. The number of ether oxygens (including phenoxy) is 1. The van der Waals surface area contributed by atoms with Gasteiger partial charge in [-0.3, -0.25) is 9.59 Å². The van der Waals surface area contributed by atoms with E-state index in [1.807, 2.05) is 38.1 Å². The Hall–Kier alpha value is -2.28. The van der Waals surface area contributed by atoms with E-state index in [0.717, 1.165) is 18.8 Å². The minimum Gasteiger partial charge on any atom is -0.372 e. The quantitative estimate of drug-likeness (QED) is 0.744. The largest absolute Gasteiger partial charge is 0.372 e. The number of carbonyl (C=O) groups excluding carboxylic acids is 2. The lowest BCUT2D eigenvalue weighted by Gasteiger charge is -2.37. The summed E-state index contributed by atoms with van der Waals surface area (Å²) in [5, 5.41) is 6.12. The van der Waals surface area contributed by atoms with Crippen molar-refractivity contribution in [2.24, 2.45) is 0 Å². The Balaban J connectivity index is 1.62. The molecule has 1 fully saturated rings. The summed E-state index contributed by atoms with van der Waals surface area (Å²) in [6.45, 7) is 5.38. The number of nitrogens with one attached hydrogen (secondary N) is 2. The van der Waals surface area contributed by atoms with E-state index in [2.05, 4.69) is 15.5 Å². The van der Waals surface area contributed by atoms with Crippen molar-refractivity contribution in [3.8, 4) is 0 Å². The number of hydrogen-bond donors (Lipinski definition) is 2. The van der Waals surface area contributed by atoms with E-state index in [1.165, 1.54) is 6.07 Å². The van der Waals surface area contributed by atoms with Gasteiger partial charge in [-0.25, -0.2) is 0 Å². The molecule has 1 aliphatic rings. The van der Waals surface area contributed by atoms with Crippen LogP contribution in [0.15, 0.2) is 42.5 Å². The maximum absolute atomic E-state index is 12.4. The summed E-state index contributed by atoms with van der Waals surface area (Å²) in [5.41, 5.74) is 1.96. The van der Waals surface area contributed by atoms with Crippen LogP contribution in [-0.2, 0) is 9.53 Å². The minimum atomic E-state index is -0.400. The minimum absolute atomic E-state index is 0.105. The first-order valence-electron chi connectivity index (χ1n) is 9.36. The lowest BCUT2D eigenvalue weighted by molar-refractivity contribution is -0.115. The second-order valence-corrected chi connectivity index (χ2v) is 7.85. The Morgan fingerprint density at radius 2 is 1.76 bits per heavy atom. The van der Waals surface area contributed by atoms with Gasteiger partial charge in [0.25, 0.3) is 5.91 Å². The Morgan fingerprint density at radius 1 is 1.07 bits per heavy atom. The summed E-state index contributed by atoms with van der Waals surface area (Å²) in [4.78, 5) is 26.9. The molecule has 0 radical (unpaired) electrons. The molecule has 2 N–H and O–H groups in total. The van der Waals surface area contributed by atoms with Gasteiger partial charge in [-0.15, -0.1) is 0 Å². The predicted molar refractivity (Wildman–Crippen MR) is 116 cm³/mol. The Bertz CT molecular complexity index is 896. The summed E-state index contributed by atoms with van der Waals surface area (Å²) in [6.07, 6.45) is 0.209. The number of amides is 2. The lowest BCUT2D eigenvalue weighted by Crippen LogP contribution is -2.45. The summed E-state index contributed by atoms with van der Waals surface area (Å²) in [5.74, 6) is -0.719. The molecular formula is C21H23Cl2N3O3. The number of halogens is 2. The summed E-state index contributed by atoms with van der Waals surface area (Å²) >= 11 is 11.8. The highest BCUT2D eigenvalue weighted by Crippen LogP contribution is 2.28. The number of morpholine rings is 1. The van der Waals surface area contributed by atoms with E-state index in [-0.39, 0.29) is 29.7 Å². The third-order valence-electron chi connectivity index (χ3n) is 4.53. The van der Waals surface area contributed by atoms with Gasteiger partial charge in [0.2, 0.25) is 5.91 Å². The SMILES string of the molecule is CC1CN(c2ccccc2NC(=O)CNC(=O)c2ccc(Cl)c(Cl)c2)CC(C)O1. The van der Waals surface area contributed by atoms with Crippen molar-refractivity contribution in [3.63, 3.8) is 0 Å². The summed E-state index contributed by atoms with van der Waals surface area (Å²) < 4.78 is 5.79. The molecule has 2 unspecified atom stereocenters. The normalized spacial score (nSPS) is 19.0. The van der Waals surface area contributed by atoms with Crippen molar-refractivity contribution in [2.45, 2.75) is 26.1 Å². The standard InChI is InChI=1S/C21H23Cl2N3O3/c1-13-11-26(12-14(2)29-13)19-6-4-3-5-18(19)25-20(27)10-24-21(28)15-7-8-16(22)17(23)9-15/h3-9,13-14H,10-12H2,1-2H3,(H,24,28)(H,25,27). The van der Waals surface area contributed by atoms with E-state index < -0.39 is 5.91 Å². The van der Waals surface area contributed by atoms with E-state index in [4.69, 9.17) is 27.9 Å². The number of anilines is 2. The molecule has 2 amide bonds. The second-order valence-electron chi connectivity index (χ2n) is 7.04. The second kappa shape index (κ2) is 9.48. The van der Waals surface area contributed by atoms with Gasteiger partial charge in [0.05, 0.1) is 40.2 Å². The Labute approximate surface area is 180 Å². The van der Waals surface area contributed by atoms with E-state index >= 15 is 0 Å². The van der Waals surface area contributed by atoms with Crippen LogP contribution in [0.3, 0.4) is 0 Å². The molecule has 2 atom stereocenters. The van der Waals surface area contributed by atoms with Gasteiger partial charge in [-0.05, 0) is 44.2 Å². The van der Waals surface area contributed by atoms with Gasteiger partial charge in [0.15, 0.2) is 0 Å². The van der Waals surface area contributed by atoms with Crippen LogP contribution in [0.1, 0.15) is 24.2 Å². The molecule has 0 spiro atoms. The van der Waals surface area contributed by atoms with Crippen molar-refractivity contribution >= 4 is 46.4 Å². The monoisotopic (exact) mass is 435 g/mol. The number of benzene rings is 2. The van der Waals surface area contributed by atoms with E-state index in [1.54, 1.807) is 12.1 Å². The molecular weight excluding hydrogens is 413 g/mol. The molecule has 3 rings (SSSR count). The van der Waals surface area contributed by atoms with Crippen molar-refractivity contribution in [1.82, 2.24) is 5.32 Å². The van der Waals surface area contributed by atoms with E-state index in [9.17, 15) is 9.59 Å². The fraction of sp³-hybridized carbons (Fsp3) is 0.333. The first-order valence-corrected chi connectivity index (χ1v) is 10.1. The Morgan fingerprint density at radius 3 is 2.45 bits per heavy atom. The number of nitrogens with zero attached hydrogens (tertiary/aromatic N) is 1. The zero-order valence-corrected chi connectivity index (χ0v) is 17.8. The van der Waals surface area contributed by atoms with Gasteiger partial charge in [0, 0.05) is 18.7 Å². The first-order chi connectivity index (χ1) is 13.8. The summed E-state index contributed by atoms with van der Waals surface area (Å²) in [7, 11) is 0. The topological polar surface area (TPSA) is 70.7 Å². The average Bonchev–Trinajstić information content (AvgIpc) is 2.68. The molecule has 2 aromatic carbocycles. The highest BCUT2D eigenvalue weighted by Gasteiger charge is 2.24. The number of carbonyl (C=O) groups is 2. The fourth-order valence-corrected chi connectivity index (χ4v) is 3.62. The van der Waals surface area contributed by atoms with Crippen LogP contribution in [-0.4, -0.2) is 43.7 Å². The van der Waals surface area contributed by atoms with Gasteiger partial charge in [-0.1, -0.05) is 35.3 Å². The van der Waals surface area contributed by atoms with Crippen molar-refractivity contribution in [2.75, 3.05) is 29.9 Å². The first kappa shape index (κ1) is 21.4. The zero-order chi connectivity index (χ0) is 21.0. The zero-order valence-electron chi connectivity index (χ0n) is 16.2. The predicted octanol–water partition coefficient (Wildman–Crippen LogP) is 3.98. The van der Waals surface area contributed by atoms with E-state index in [0.29, 0.717) is 16.3 Å². The Kier molecular flexibility index (Phi) is 7.00. The van der Waals surface area contributed by atoms with Gasteiger partial charge in [-0.2, -0.15) is 0 Å². The van der Waals surface area contributed by atoms with Crippen LogP contribution in [0.2, 0.25) is 10.0 Å². The molecule has 2 aromatic rings. The lowest BCUT2D eigenvalue weighted by atomic mass is 10.1. The van der Waals surface area contributed by atoms with Gasteiger partial charge >= 0.3 is 0 Å². The molecule has 0 aromatic heterocycles. The molecule has 1 saturated heterocycles. The number of hydrogen-bond acceptors (Lipinski definition) is 4. The van der Waals surface area contributed by atoms with Crippen LogP contribution in [0.5, 0.6) is 0 Å². The van der Waals surface area contributed by atoms with Crippen molar-refractivity contribution in [1.29, 1.82) is 0 Å². The molecule has 0 saturated carbocycles. The van der Waals surface area contributed by atoms with Crippen LogP contribution < -0.4 is 15.5 Å². The van der Waals surface area contributed by atoms with Crippen molar-refractivity contribution in [3.05, 3.63) is 58.1 Å². The highest BCUT2D eigenvalue weighted by atomic mass is 35.5. The third-order valence-corrected chi connectivity index (χ3v) is 5.27. The molecule has 154 valence electrons. The highest BCUT2D eigenvalue weighted by molar-refractivity contribution is 6.42. The molecule has 29 heavy (non-hydrogen) atoms. The smallest absolute Gasteiger partial charge is 0.251 e. The molecule has 0 bridgehead atoms. The van der Waals surface area contributed by atoms with Gasteiger partial charge in [0.1, 0.15) is 0 Å². The van der Waals surface area contributed by atoms with Crippen LogP contribution >= 0.6 is 23.2 Å². The number of rotatable bonds is 5. The van der Waals surface area contributed by atoms with Gasteiger partial charge < -0.3 is 20.3 Å². The van der Waals surface area contributed by atoms with Crippen LogP contribution in [0.25, 0.3) is 0 Å². The maximum Gasteiger partial charge on any atom is 0.251 e. The third kappa shape index (κ3) is 5.63. The molecule has 0 aliphatic carbocycles. The summed E-state index contributed by atoms with van der Waals surface area (Å²) in [6, 6.07) is 12.2. The molecule has 1 aliphatic heterocycles. The van der Waals surface area contributed by atoms with Crippen LogP contribution in [0.4, 0.5) is 11.4 Å². The molecule has 8 heteroatoms. The fourth-order valence-electron chi connectivity index (χ4n) is 3.32.